The smallest absolute Gasteiger partial charge is 0.128 e. The zero-order valence-electron chi connectivity index (χ0n) is 10.5. The first-order valence-electron chi connectivity index (χ1n) is 5.75. The Morgan fingerprint density at radius 3 is 2.89 bits per heavy atom. The number of aromatic nitrogens is 2. The number of nitrogens with zero attached hydrogens (tertiary/aromatic N) is 1. The Hall–Kier alpha value is -1.33. The highest BCUT2D eigenvalue weighted by atomic mass is 79.9. The molecule has 0 saturated carbocycles. The first-order valence-corrected chi connectivity index (χ1v) is 6.54. The molecule has 0 atom stereocenters. The van der Waals surface area contributed by atoms with Gasteiger partial charge in [-0.05, 0) is 41.5 Å². The maximum absolute atomic E-state index is 5.56. The minimum Gasteiger partial charge on any atom is -0.496 e. The molecule has 0 aliphatic heterocycles. The maximum atomic E-state index is 5.56. The lowest BCUT2D eigenvalue weighted by Crippen LogP contribution is -2.03. The van der Waals surface area contributed by atoms with Crippen molar-refractivity contribution in [1.82, 2.24) is 10.2 Å². The van der Waals surface area contributed by atoms with Crippen molar-refractivity contribution in [2.75, 3.05) is 13.7 Å². The van der Waals surface area contributed by atoms with Crippen LogP contribution >= 0.6 is 15.9 Å². The Morgan fingerprint density at radius 1 is 1.44 bits per heavy atom. The molecule has 1 aromatic heterocycles. The highest BCUT2D eigenvalue weighted by Crippen LogP contribution is 2.35. The fraction of sp³-hybridized carbons (Fsp3) is 0.308. The van der Waals surface area contributed by atoms with Crippen LogP contribution in [0.1, 0.15) is 11.3 Å². The molecule has 0 unspecified atom stereocenters. The molecule has 2 rings (SSSR count). The number of hydrogen-bond acceptors (Lipinski definition) is 3. The quantitative estimate of drug-likeness (QED) is 0.912. The van der Waals surface area contributed by atoms with E-state index in [2.05, 4.69) is 32.2 Å². The number of aromatic amines is 1. The van der Waals surface area contributed by atoms with Gasteiger partial charge >= 0.3 is 0 Å². The van der Waals surface area contributed by atoms with Crippen LogP contribution in [0.15, 0.2) is 22.7 Å². The third-order valence-corrected chi connectivity index (χ3v) is 3.63. The number of benzene rings is 1. The summed E-state index contributed by atoms with van der Waals surface area (Å²) in [6.45, 7) is 2.63. The van der Waals surface area contributed by atoms with E-state index < -0.39 is 0 Å². The van der Waals surface area contributed by atoms with E-state index in [1.54, 1.807) is 7.11 Å². The van der Waals surface area contributed by atoms with Gasteiger partial charge in [0.25, 0.3) is 0 Å². The normalized spacial score (nSPS) is 10.7. The highest BCUT2D eigenvalue weighted by Gasteiger charge is 2.15. The van der Waals surface area contributed by atoms with E-state index in [1.165, 1.54) is 5.56 Å². The predicted molar refractivity (Wildman–Crippen MR) is 75.8 cm³/mol. The monoisotopic (exact) mass is 309 g/mol. The molecule has 0 saturated heterocycles. The van der Waals surface area contributed by atoms with Crippen LogP contribution in [0.5, 0.6) is 5.75 Å². The van der Waals surface area contributed by atoms with Crippen molar-refractivity contribution in [2.24, 2.45) is 5.73 Å². The molecule has 0 aliphatic rings. The summed E-state index contributed by atoms with van der Waals surface area (Å²) >= 11 is 3.57. The zero-order valence-corrected chi connectivity index (χ0v) is 12.0. The van der Waals surface area contributed by atoms with Crippen molar-refractivity contribution in [1.29, 1.82) is 0 Å². The number of H-pyrrole nitrogens is 1. The van der Waals surface area contributed by atoms with Gasteiger partial charge in [-0.1, -0.05) is 11.6 Å². The molecule has 0 spiro atoms. The number of nitrogens with one attached hydrogen (secondary N) is 1. The lowest BCUT2D eigenvalue weighted by Gasteiger charge is -2.07. The molecule has 0 amide bonds. The molecule has 0 bridgehead atoms. The van der Waals surface area contributed by atoms with Crippen LogP contribution in [0.2, 0.25) is 0 Å². The summed E-state index contributed by atoms with van der Waals surface area (Å²) in [5, 5.41) is 7.36. The van der Waals surface area contributed by atoms with Gasteiger partial charge in [-0.2, -0.15) is 5.10 Å². The number of nitrogens with two attached hydrogens (primary N) is 1. The molecule has 4 nitrogen and oxygen atoms in total. The van der Waals surface area contributed by atoms with Crippen molar-refractivity contribution in [3.63, 3.8) is 0 Å². The highest BCUT2D eigenvalue weighted by molar-refractivity contribution is 9.10. The number of methoxy groups -OCH3 is 1. The van der Waals surface area contributed by atoms with Gasteiger partial charge in [0.2, 0.25) is 0 Å². The third-order valence-electron chi connectivity index (χ3n) is 2.78. The first kappa shape index (κ1) is 13.1. The van der Waals surface area contributed by atoms with Crippen LogP contribution in [0, 0.1) is 6.92 Å². The van der Waals surface area contributed by atoms with Crippen LogP contribution in [0.3, 0.4) is 0 Å². The SMILES string of the molecule is COc1ccc(C)cc1-c1n[nH]c(CCN)c1Br. The third kappa shape index (κ3) is 2.42. The van der Waals surface area contributed by atoms with Gasteiger partial charge in [-0.15, -0.1) is 0 Å². The Bertz CT molecular complexity index is 551. The van der Waals surface area contributed by atoms with E-state index in [4.69, 9.17) is 10.5 Å². The summed E-state index contributed by atoms with van der Waals surface area (Å²) in [5.74, 6) is 0.812. The maximum Gasteiger partial charge on any atom is 0.128 e. The van der Waals surface area contributed by atoms with E-state index >= 15 is 0 Å². The van der Waals surface area contributed by atoms with Crippen LogP contribution < -0.4 is 10.5 Å². The zero-order chi connectivity index (χ0) is 13.1. The van der Waals surface area contributed by atoms with Gasteiger partial charge in [0.1, 0.15) is 11.4 Å². The van der Waals surface area contributed by atoms with Crippen molar-refractivity contribution >= 4 is 15.9 Å². The van der Waals surface area contributed by atoms with Gasteiger partial charge in [0.05, 0.1) is 17.3 Å². The van der Waals surface area contributed by atoms with E-state index in [9.17, 15) is 0 Å². The van der Waals surface area contributed by atoms with Crippen LogP contribution in [0.4, 0.5) is 0 Å². The summed E-state index contributed by atoms with van der Waals surface area (Å²) in [5.41, 5.74) is 9.58. The molecule has 0 radical (unpaired) electrons. The van der Waals surface area contributed by atoms with Crippen molar-refractivity contribution in [2.45, 2.75) is 13.3 Å². The van der Waals surface area contributed by atoms with Gasteiger partial charge in [-0.3, -0.25) is 5.10 Å². The minimum atomic E-state index is 0.588. The summed E-state index contributed by atoms with van der Waals surface area (Å²) < 4.78 is 6.33. The molecule has 0 aliphatic carbocycles. The summed E-state index contributed by atoms with van der Waals surface area (Å²) in [6.07, 6.45) is 0.766. The predicted octanol–water partition coefficient (Wildman–Crippen LogP) is 2.66. The second kappa shape index (κ2) is 5.54. The Kier molecular flexibility index (Phi) is 4.04. The molecule has 96 valence electrons. The lowest BCUT2D eigenvalue weighted by atomic mass is 10.1. The number of hydrogen-bond donors (Lipinski definition) is 2. The minimum absolute atomic E-state index is 0.588. The van der Waals surface area contributed by atoms with Gasteiger partial charge in [-0.25, -0.2) is 0 Å². The molecule has 1 heterocycles. The molecular weight excluding hydrogens is 294 g/mol. The molecule has 5 heteroatoms. The number of aryl methyl sites for hydroxylation is 1. The molecule has 18 heavy (non-hydrogen) atoms. The number of halogens is 1. The van der Waals surface area contributed by atoms with Crippen molar-refractivity contribution in [3.8, 4) is 17.0 Å². The number of rotatable bonds is 4. The Morgan fingerprint density at radius 2 is 2.22 bits per heavy atom. The Labute approximate surface area is 115 Å². The second-order valence-corrected chi connectivity index (χ2v) is 4.90. The average molecular weight is 310 g/mol. The van der Waals surface area contributed by atoms with E-state index in [0.29, 0.717) is 6.54 Å². The molecule has 1 aromatic carbocycles. The first-order chi connectivity index (χ1) is 8.67. The van der Waals surface area contributed by atoms with Gasteiger partial charge in [0.15, 0.2) is 0 Å². The molecule has 0 fully saturated rings. The van der Waals surface area contributed by atoms with Crippen LogP contribution in [-0.4, -0.2) is 23.9 Å². The topological polar surface area (TPSA) is 63.9 Å². The van der Waals surface area contributed by atoms with Crippen LogP contribution in [0.25, 0.3) is 11.3 Å². The standard InChI is InChI=1S/C13H16BrN3O/c1-8-3-4-11(18-2)9(7-8)13-12(14)10(5-6-15)16-17-13/h3-4,7H,5-6,15H2,1-2H3,(H,16,17). The van der Waals surface area contributed by atoms with E-state index in [-0.39, 0.29) is 0 Å². The fourth-order valence-corrected chi connectivity index (χ4v) is 2.45. The van der Waals surface area contributed by atoms with Crippen molar-refractivity contribution < 1.29 is 4.74 Å². The van der Waals surface area contributed by atoms with E-state index in [1.807, 2.05) is 19.1 Å². The van der Waals surface area contributed by atoms with E-state index in [0.717, 1.165) is 33.6 Å². The van der Waals surface area contributed by atoms with Crippen molar-refractivity contribution in [3.05, 3.63) is 33.9 Å². The Balaban J connectivity index is 2.51. The number of ether oxygens (including phenoxy) is 1. The second-order valence-electron chi connectivity index (χ2n) is 4.11. The van der Waals surface area contributed by atoms with Gasteiger partial charge < -0.3 is 10.5 Å². The van der Waals surface area contributed by atoms with Crippen LogP contribution in [-0.2, 0) is 6.42 Å². The largest absolute Gasteiger partial charge is 0.496 e. The fourth-order valence-electron chi connectivity index (χ4n) is 1.86. The van der Waals surface area contributed by atoms with Gasteiger partial charge in [0, 0.05) is 12.0 Å². The lowest BCUT2D eigenvalue weighted by molar-refractivity contribution is 0.416. The summed E-state index contributed by atoms with van der Waals surface area (Å²) in [6, 6.07) is 6.03. The summed E-state index contributed by atoms with van der Waals surface area (Å²) in [7, 11) is 1.66. The molecular formula is C13H16BrN3O. The summed E-state index contributed by atoms with van der Waals surface area (Å²) in [4.78, 5) is 0. The molecule has 2 aromatic rings. The average Bonchev–Trinajstić information content (AvgIpc) is 2.72. The molecule has 3 N–H and O–H groups in total.